The van der Waals surface area contributed by atoms with Crippen LogP contribution in [-0.2, 0) is 18.3 Å². The van der Waals surface area contributed by atoms with Gasteiger partial charge in [0.1, 0.15) is 5.75 Å². The molecule has 2 aliphatic rings. The van der Waals surface area contributed by atoms with E-state index in [9.17, 15) is 5.11 Å². The second-order valence-electron chi connectivity index (χ2n) is 8.67. The van der Waals surface area contributed by atoms with Crippen molar-refractivity contribution >= 4 is 23.2 Å². The van der Waals surface area contributed by atoms with E-state index in [-0.39, 0.29) is 5.41 Å². The fourth-order valence-corrected chi connectivity index (χ4v) is 5.63. The van der Waals surface area contributed by atoms with Gasteiger partial charge in [-0.1, -0.05) is 49.2 Å². The summed E-state index contributed by atoms with van der Waals surface area (Å²) in [4.78, 5) is 2.50. The Kier molecular flexibility index (Phi) is 5.39. The van der Waals surface area contributed by atoms with E-state index >= 15 is 0 Å². The molecule has 150 valence electrons. The molecule has 28 heavy (non-hydrogen) atoms. The maximum Gasteiger partial charge on any atom is 0.115 e. The second-order valence-corrected chi connectivity index (χ2v) is 9.48. The molecule has 2 bridgehead atoms. The first-order chi connectivity index (χ1) is 13.3. The Labute approximate surface area is 177 Å². The van der Waals surface area contributed by atoms with Gasteiger partial charge >= 0.3 is 0 Å². The lowest BCUT2D eigenvalue weighted by Gasteiger charge is -2.58. The van der Waals surface area contributed by atoms with E-state index in [0.29, 0.717) is 33.8 Å². The maximum atomic E-state index is 10.1. The van der Waals surface area contributed by atoms with Crippen LogP contribution in [0, 0.1) is 5.92 Å². The van der Waals surface area contributed by atoms with Crippen LogP contribution in [0.5, 0.6) is 5.75 Å². The van der Waals surface area contributed by atoms with Crippen molar-refractivity contribution in [3.63, 3.8) is 0 Å². The Morgan fingerprint density at radius 2 is 1.96 bits per heavy atom. The van der Waals surface area contributed by atoms with E-state index in [1.165, 1.54) is 16.7 Å². The van der Waals surface area contributed by atoms with Crippen molar-refractivity contribution in [3.8, 4) is 5.75 Å². The topological polar surface area (TPSA) is 35.5 Å². The number of benzene rings is 2. The Morgan fingerprint density at radius 1 is 1.18 bits per heavy atom. The van der Waals surface area contributed by atoms with Crippen LogP contribution in [0.2, 0.25) is 10.0 Å². The fraction of sp³-hybridized carbons (Fsp3) is 0.478. The van der Waals surface area contributed by atoms with Crippen molar-refractivity contribution in [3.05, 3.63) is 63.1 Å². The molecule has 0 aromatic heterocycles. The highest BCUT2D eigenvalue weighted by Crippen LogP contribution is 2.48. The van der Waals surface area contributed by atoms with Crippen LogP contribution in [0.1, 0.15) is 30.5 Å². The van der Waals surface area contributed by atoms with Gasteiger partial charge in [0.15, 0.2) is 0 Å². The molecule has 0 radical (unpaired) electrons. The maximum absolute atomic E-state index is 10.1. The van der Waals surface area contributed by atoms with Gasteiger partial charge in [-0.05, 0) is 73.3 Å². The summed E-state index contributed by atoms with van der Waals surface area (Å²) in [5.74, 6) is 0.844. The molecule has 1 aliphatic heterocycles. The number of nitrogens with zero attached hydrogens (tertiary/aromatic N) is 1. The zero-order valence-corrected chi connectivity index (χ0v) is 18.2. The number of phenolic OH excluding ortho intramolecular Hbond substituents is 1. The molecule has 1 saturated heterocycles. The summed E-state index contributed by atoms with van der Waals surface area (Å²) in [6.07, 6.45) is 1.92. The minimum absolute atomic E-state index is 0.0128. The van der Waals surface area contributed by atoms with Crippen LogP contribution in [-0.4, -0.2) is 42.2 Å². The number of likely N-dealkylation sites (N-methyl/N-ethyl adjacent to an activating group) is 1. The minimum Gasteiger partial charge on any atom is -0.508 e. The number of hydrogen-bond acceptors (Lipinski definition) is 3. The number of likely N-dealkylation sites (tertiary alicyclic amines) is 1. The van der Waals surface area contributed by atoms with Gasteiger partial charge in [-0.25, -0.2) is 0 Å². The molecule has 1 aliphatic carbocycles. The lowest BCUT2D eigenvalue weighted by Crippen LogP contribution is -2.69. The smallest absolute Gasteiger partial charge is 0.115 e. The van der Waals surface area contributed by atoms with Gasteiger partial charge in [-0.2, -0.15) is 0 Å². The van der Waals surface area contributed by atoms with Crippen molar-refractivity contribution in [2.75, 3.05) is 20.1 Å². The Morgan fingerprint density at radius 3 is 2.71 bits per heavy atom. The van der Waals surface area contributed by atoms with Crippen molar-refractivity contribution in [1.29, 1.82) is 0 Å². The summed E-state index contributed by atoms with van der Waals surface area (Å²) < 4.78 is 0. The van der Waals surface area contributed by atoms with Crippen LogP contribution >= 0.6 is 23.2 Å². The quantitative estimate of drug-likeness (QED) is 0.757. The third-order valence-electron chi connectivity index (χ3n) is 7.05. The minimum atomic E-state index is -0.0128. The molecule has 3 nitrogen and oxygen atoms in total. The molecular weight excluding hydrogens is 391 g/mol. The van der Waals surface area contributed by atoms with Crippen LogP contribution in [0.25, 0.3) is 0 Å². The number of fused-ring (bicyclic) bond motifs is 4. The van der Waals surface area contributed by atoms with Gasteiger partial charge in [0.2, 0.25) is 0 Å². The molecule has 1 unspecified atom stereocenters. The highest BCUT2D eigenvalue weighted by Gasteiger charge is 2.53. The third kappa shape index (κ3) is 3.33. The number of hydrogen-bond donors (Lipinski definition) is 2. The molecule has 4 atom stereocenters. The molecule has 0 amide bonds. The lowest BCUT2D eigenvalue weighted by molar-refractivity contribution is 0.0235. The van der Waals surface area contributed by atoms with Crippen molar-refractivity contribution < 1.29 is 5.11 Å². The molecule has 2 aromatic rings. The van der Waals surface area contributed by atoms with Crippen LogP contribution in [0.4, 0.5) is 0 Å². The van der Waals surface area contributed by atoms with Crippen LogP contribution < -0.4 is 5.32 Å². The van der Waals surface area contributed by atoms with Crippen molar-refractivity contribution in [1.82, 2.24) is 10.2 Å². The van der Waals surface area contributed by atoms with Gasteiger partial charge in [0.05, 0.1) is 10.0 Å². The Bertz CT molecular complexity index is 887. The van der Waals surface area contributed by atoms with Crippen LogP contribution in [0.3, 0.4) is 0 Å². The highest BCUT2D eigenvalue weighted by atomic mass is 35.5. The number of piperidine rings is 1. The largest absolute Gasteiger partial charge is 0.508 e. The molecule has 1 heterocycles. The van der Waals surface area contributed by atoms with E-state index in [2.05, 4.69) is 37.2 Å². The van der Waals surface area contributed by atoms with E-state index in [1.54, 1.807) is 0 Å². The highest BCUT2D eigenvalue weighted by molar-refractivity contribution is 6.42. The third-order valence-corrected chi connectivity index (χ3v) is 7.79. The van der Waals surface area contributed by atoms with Crippen molar-refractivity contribution in [2.24, 2.45) is 5.92 Å². The van der Waals surface area contributed by atoms with Crippen molar-refractivity contribution in [2.45, 2.75) is 44.2 Å². The summed E-state index contributed by atoms with van der Waals surface area (Å²) >= 11 is 12.2. The first-order valence-corrected chi connectivity index (χ1v) is 10.8. The summed E-state index contributed by atoms with van der Waals surface area (Å²) in [5, 5.41) is 15.2. The average molecular weight is 419 g/mol. The standard InChI is InChI=1S/C23H28Cl2N2O/c1-14-13-27(3)21-11-16-5-6-17(28)12-18(16)23(14,2)22(21)26-9-8-15-4-7-19(24)20(25)10-15/h4-7,10,12,14,21-22,26,28H,8-9,11,13H2,1-3H3/t14?,21-,22-,23-/m1/s1. The summed E-state index contributed by atoms with van der Waals surface area (Å²) in [7, 11) is 2.24. The van der Waals surface area contributed by atoms with Gasteiger partial charge in [-0.15, -0.1) is 0 Å². The average Bonchev–Trinajstić information content (AvgIpc) is 2.65. The summed E-state index contributed by atoms with van der Waals surface area (Å²) in [6.45, 7) is 6.65. The Balaban J connectivity index is 1.59. The molecule has 2 aromatic carbocycles. The number of halogens is 2. The molecular formula is C23H28Cl2N2O. The predicted molar refractivity (Wildman–Crippen MR) is 117 cm³/mol. The Hall–Kier alpha value is -1.26. The normalized spacial score (nSPS) is 29.5. The van der Waals surface area contributed by atoms with E-state index in [1.807, 2.05) is 30.3 Å². The molecule has 1 fully saturated rings. The van der Waals surface area contributed by atoms with E-state index in [0.717, 1.165) is 25.9 Å². The SMILES string of the molecule is CC1CN(C)[C@@H]2Cc3ccc(O)cc3[C@]1(C)[C@@H]2NCCc1ccc(Cl)c(Cl)c1. The zero-order chi connectivity index (χ0) is 20.1. The monoisotopic (exact) mass is 418 g/mol. The first-order valence-electron chi connectivity index (χ1n) is 10.0. The predicted octanol–water partition coefficient (Wildman–Crippen LogP) is 4.66. The molecule has 4 rings (SSSR count). The second kappa shape index (κ2) is 7.53. The first kappa shape index (κ1) is 20.0. The molecule has 2 N–H and O–H groups in total. The number of rotatable bonds is 4. The lowest BCUT2D eigenvalue weighted by atomic mass is 9.57. The zero-order valence-electron chi connectivity index (χ0n) is 16.7. The summed E-state index contributed by atoms with van der Waals surface area (Å²) in [6, 6.07) is 12.6. The number of aromatic hydroxyl groups is 1. The molecule has 0 spiro atoms. The number of phenols is 1. The fourth-order valence-electron chi connectivity index (χ4n) is 5.31. The van der Waals surface area contributed by atoms with Gasteiger partial charge in [0, 0.05) is 24.0 Å². The molecule has 5 heteroatoms. The number of nitrogens with one attached hydrogen (secondary N) is 1. The van der Waals surface area contributed by atoms with Gasteiger partial charge < -0.3 is 15.3 Å². The molecule has 0 saturated carbocycles. The van der Waals surface area contributed by atoms with E-state index < -0.39 is 0 Å². The van der Waals surface area contributed by atoms with E-state index in [4.69, 9.17) is 23.2 Å². The summed E-state index contributed by atoms with van der Waals surface area (Å²) in [5.41, 5.74) is 3.84. The van der Waals surface area contributed by atoms with Gasteiger partial charge in [0.25, 0.3) is 0 Å². The van der Waals surface area contributed by atoms with Crippen LogP contribution in [0.15, 0.2) is 36.4 Å². The van der Waals surface area contributed by atoms with Gasteiger partial charge in [-0.3, -0.25) is 0 Å².